The molecule has 1 saturated carbocycles. The van der Waals surface area contributed by atoms with E-state index in [-0.39, 0.29) is 5.91 Å². The third-order valence-corrected chi connectivity index (χ3v) is 5.38. The van der Waals surface area contributed by atoms with Crippen molar-refractivity contribution >= 4 is 5.91 Å². The number of ether oxygens (including phenoxy) is 1. The van der Waals surface area contributed by atoms with Crippen molar-refractivity contribution < 1.29 is 9.53 Å². The zero-order chi connectivity index (χ0) is 16.8. The summed E-state index contributed by atoms with van der Waals surface area (Å²) in [7, 11) is 1.97. The number of amides is 1. The zero-order valence-electron chi connectivity index (χ0n) is 14.8. The van der Waals surface area contributed by atoms with Crippen LogP contribution < -0.4 is 10.1 Å². The second kappa shape index (κ2) is 8.52. The molecule has 1 amide bonds. The van der Waals surface area contributed by atoms with Gasteiger partial charge in [0, 0.05) is 18.7 Å². The van der Waals surface area contributed by atoms with E-state index in [1.807, 2.05) is 36.2 Å². The molecule has 0 radical (unpaired) electrons. The van der Waals surface area contributed by atoms with E-state index < -0.39 is 0 Å². The van der Waals surface area contributed by atoms with Gasteiger partial charge < -0.3 is 15.0 Å². The average Bonchev–Trinajstić information content (AvgIpc) is 3.10. The molecule has 4 nitrogen and oxygen atoms in total. The number of hydrogen-bond donors (Lipinski definition) is 1. The van der Waals surface area contributed by atoms with E-state index in [4.69, 9.17) is 4.74 Å². The highest BCUT2D eigenvalue weighted by Crippen LogP contribution is 2.25. The standard InChI is InChI=1S/C20H30N2O2/c1-21-13-17-11-12-22(14-17)20(23)18-7-9-19(10-8-18)24-15-16-5-3-2-4-6-16/h7-10,16-17,21H,2-6,11-15H2,1H3. The summed E-state index contributed by atoms with van der Waals surface area (Å²) in [5.74, 6) is 2.31. The number of nitrogens with one attached hydrogen (secondary N) is 1. The number of carbonyl (C=O) groups excluding carboxylic acids is 1. The van der Waals surface area contributed by atoms with Gasteiger partial charge in [-0.2, -0.15) is 0 Å². The Morgan fingerprint density at radius 1 is 1.12 bits per heavy atom. The Labute approximate surface area is 145 Å². The zero-order valence-corrected chi connectivity index (χ0v) is 14.8. The fraction of sp³-hybridized carbons (Fsp3) is 0.650. The van der Waals surface area contributed by atoms with Gasteiger partial charge in [-0.25, -0.2) is 0 Å². The lowest BCUT2D eigenvalue weighted by molar-refractivity contribution is 0.0787. The van der Waals surface area contributed by atoms with Crippen molar-refractivity contribution in [1.29, 1.82) is 0 Å². The molecule has 1 aromatic rings. The topological polar surface area (TPSA) is 41.6 Å². The third kappa shape index (κ3) is 4.50. The lowest BCUT2D eigenvalue weighted by atomic mass is 9.90. The van der Waals surface area contributed by atoms with Crippen LogP contribution in [0.1, 0.15) is 48.9 Å². The van der Waals surface area contributed by atoms with Crippen LogP contribution in [0.25, 0.3) is 0 Å². The minimum Gasteiger partial charge on any atom is -0.493 e. The summed E-state index contributed by atoms with van der Waals surface area (Å²) in [5, 5.41) is 3.20. The van der Waals surface area contributed by atoms with Gasteiger partial charge in [-0.1, -0.05) is 19.3 Å². The van der Waals surface area contributed by atoms with Crippen LogP contribution in [0.3, 0.4) is 0 Å². The van der Waals surface area contributed by atoms with E-state index in [0.29, 0.717) is 11.8 Å². The van der Waals surface area contributed by atoms with E-state index in [2.05, 4.69) is 5.32 Å². The number of rotatable bonds is 6. The molecule has 1 heterocycles. The van der Waals surface area contributed by atoms with Gasteiger partial charge in [-0.15, -0.1) is 0 Å². The van der Waals surface area contributed by atoms with Crippen LogP contribution in [-0.2, 0) is 0 Å². The van der Waals surface area contributed by atoms with Gasteiger partial charge in [-0.3, -0.25) is 4.79 Å². The fourth-order valence-corrected chi connectivity index (χ4v) is 3.92. The summed E-state index contributed by atoms with van der Waals surface area (Å²) in [6, 6.07) is 7.70. The van der Waals surface area contributed by atoms with Crippen LogP contribution in [0.5, 0.6) is 5.75 Å². The molecule has 24 heavy (non-hydrogen) atoms. The summed E-state index contributed by atoms with van der Waals surface area (Å²) in [5.41, 5.74) is 0.769. The Balaban J connectivity index is 1.49. The molecule has 4 heteroatoms. The molecule has 1 aromatic carbocycles. The lowest BCUT2D eigenvalue weighted by Crippen LogP contribution is -2.30. The van der Waals surface area contributed by atoms with Crippen molar-refractivity contribution in [3.63, 3.8) is 0 Å². The predicted molar refractivity (Wildman–Crippen MR) is 96.4 cm³/mol. The van der Waals surface area contributed by atoms with Gasteiger partial charge in [0.05, 0.1) is 6.61 Å². The summed E-state index contributed by atoms with van der Waals surface area (Å²) >= 11 is 0. The van der Waals surface area contributed by atoms with Crippen molar-refractivity contribution in [3.05, 3.63) is 29.8 Å². The molecule has 1 aliphatic heterocycles. The van der Waals surface area contributed by atoms with E-state index in [1.54, 1.807) is 0 Å². The number of benzene rings is 1. The molecule has 1 aliphatic carbocycles. The molecule has 1 saturated heterocycles. The highest BCUT2D eigenvalue weighted by Gasteiger charge is 2.26. The monoisotopic (exact) mass is 330 g/mol. The van der Waals surface area contributed by atoms with E-state index >= 15 is 0 Å². The number of nitrogens with zero attached hydrogens (tertiary/aromatic N) is 1. The minimum absolute atomic E-state index is 0.146. The average molecular weight is 330 g/mol. The first-order valence-corrected chi connectivity index (χ1v) is 9.43. The van der Waals surface area contributed by atoms with Crippen LogP contribution in [0.15, 0.2) is 24.3 Å². The second-order valence-corrected chi connectivity index (χ2v) is 7.30. The third-order valence-electron chi connectivity index (χ3n) is 5.38. The van der Waals surface area contributed by atoms with Crippen molar-refractivity contribution in [2.75, 3.05) is 33.3 Å². The molecule has 1 atom stereocenters. The second-order valence-electron chi connectivity index (χ2n) is 7.30. The molecular formula is C20H30N2O2. The predicted octanol–water partition coefficient (Wildman–Crippen LogP) is 3.33. The maximum atomic E-state index is 12.6. The van der Waals surface area contributed by atoms with E-state index in [1.165, 1.54) is 32.1 Å². The molecule has 0 spiro atoms. The summed E-state index contributed by atoms with van der Waals surface area (Å²) in [6.07, 6.45) is 7.73. The molecule has 2 fully saturated rings. The van der Waals surface area contributed by atoms with E-state index in [0.717, 1.165) is 44.0 Å². The first-order chi connectivity index (χ1) is 11.8. The molecule has 132 valence electrons. The smallest absolute Gasteiger partial charge is 0.253 e. The van der Waals surface area contributed by atoms with Gasteiger partial charge in [0.2, 0.25) is 0 Å². The SMILES string of the molecule is CNCC1CCN(C(=O)c2ccc(OCC3CCCCC3)cc2)C1. The molecule has 2 aliphatic rings. The van der Waals surface area contributed by atoms with Gasteiger partial charge in [0.25, 0.3) is 5.91 Å². The number of hydrogen-bond acceptors (Lipinski definition) is 3. The summed E-state index contributed by atoms with van der Waals surface area (Å²) in [4.78, 5) is 14.6. The van der Waals surface area contributed by atoms with Crippen LogP contribution in [0.2, 0.25) is 0 Å². The molecular weight excluding hydrogens is 300 g/mol. The van der Waals surface area contributed by atoms with Crippen molar-refractivity contribution in [2.45, 2.75) is 38.5 Å². The van der Waals surface area contributed by atoms with Gasteiger partial charge >= 0.3 is 0 Å². The minimum atomic E-state index is 0.146. The highest BCUT2D eigenvalue weighted by molar-refractivity contribution is 5.94. The maximum Gasteiger partial charge on any atom is 0.253 e. The normalized spacial score (nSPS) is 21.9. The lowest BCUT2D eigenvalue weighted by Gasteiger charge is -2.21. The first-order valence-electron chi connectivity index (χ1n) is 9.43. The van der Waals surface area contributed by atoms with Crippen LogP contribution in [0, 0.1) is 11.8 Å². The Bertz CT molecular complexity index is 523. The summed E-state index contributed by atoms with van der Waals surface area (Å²) in [6.45, 7) is 3.52. The molecule has 1 N–H and O–H groups in total. The van der Waals surface area contributed by atoms with Gasteiger partial charge in [-0.05, 0) is 69.0 Å². The summed E-state index contributed by atoms with van der Waals surface area (Å²) < 4.78 is 5.92. The molecule has 1 unspecified atom stereocenters. The molecule has 0 bridgehead atoms. The van der Waals surface area contributed by atoms with Crippen LogP contribution >= 0.6 is 0 Å². The van der Waals surface area contributed by atoms with Gasteiger partial charge in [0.1, 0.15) is 5.75 Å². The van der Waals surface area contributed by atoms with E-state index in [9.17, 15) is 4.79 Å². The quantitative estimate of drug-likeness (QED) is 0.870. The van der Waals surface area contributed by atoms with Crippen molar-refractivity contribution in [3.8, 4) is 5.75 Å². The Kier molecular flexibility index (Phi) is 6.13. The highest BCUT2D eigenvalue weighted by atomic mass is 16.5. The Morgan fingerprint density at radius 3 is 2.58 bits per heavy atom. The Hall–Kier alpha value is -1.55. The van der Waals surface area contributed by atoms with Crippen LogP contribution in [-0.4, -0.2) is 44.1 Å². The molecule has 3 rings (SSSR count). The first kappa shape index (κ1) is 17.3. The fourth-order valence-electron chi connectivity index (χ4n) is 3.92. The van der Waals surface area contributed by atoms with Crippen LogP contribution in [0.4, 0.5) is 0 Å². The number of likely N-dealkylation sites (tertiary alicyclic amines) is 1. The largest absolute Gasteiger partial charge is 0.493 e. The van der Waals surface area contributed by atoms with Gasteiger partial charge in [0.15, 0.2) is 0 Å². The maximum absolute atomic E-state index is 12.6. The van der Waals surface area contributed by atoms with Crippen molar-refractivity contribution in [1.82, 2.24) is 10.2 Å². The molecule has 0 aromatic heterocycles. The Morgan fingerprint density at radius 2 is 1.88 bits per heavy atom. The van der Waals surface area contributed by atoms with Crippen molar-refractivity contribution in [2.24, 2.45) is 11.8 Å². The number of carbonyl (C=O) groups is 1.